The Hall–Kier alpha value is -1.48. The van der Waals surface area contributed by atoms with Crippen LogP contribution in [0.15, 0.2) is 29.2 Å². The number of halogens is 1. The summed E-state index contributed by atoms with van der Waals surface area (Å²) in [5.41, 5.74) is -0.309. The highest BCUT2D eigenvalue weighted by Crippen LogP contribution is 2.25. The molecule has 20 heavy (non-hydrogen) atoms. The molecule has 0 radical (unpaired) electrons. The van der Waals surface area contributed by atoms with E-state index in [1.54, 1.807) is 0 Å². The van der Waals surface area contributed by atoms with E-state index < -0.39 is 35.6 Å². The van der Waals surface area contributed by atoms with Gasteiger partial charge in [0.2, 0.25) is 5.91 Å². The number of hydrogen-bond acceptors (Lipinski definition) is 5. The first-order chi connectivity index (χ1) is 8.87. The van der Waals surface area contributed by atoms with Gasteiger partial charge in [0.05, 0.1) is 5.69 Å². The van der Waals surface area contributed by atoms with Gasteiger partial charge in [0, 0.05) is 6.26 Å². The molecular weight excluding hydrogens is 309 g/mol. The summed E-state index contributed by atoms with van der Waals surface area (Å²) in [6.45, 7) is 2.34. The summed E-state index contributed by atoms with van der Waals surface area (Å²) >= 11 is 0. The largest absolute Gasteiger partial charge is 0.334 e. The molecule has 0 aromatic heterocycles. The molecule has 0 saturated heterocycles. The maximum Gasteiger partial charge on any atom is 0.334 e. The summed E-state index contributed by atoms with van der Waals surface area (Å²) in [4.78, 5) is 11.2. The number of para-hydroxylation sites is 1. The molecule has 112 valence electrons. The number of hydrogen-bond donors (Lipinski definition) is 1. The van der Waals surface area contributed by atoms with Crippen LogP contribution in [0.2, 0.25) is 0 Å². The maximum atomic E-state index is 13.1. The lowest BCUT2D eigenvalue weighted by Gasteiger charge is -2.21. The molecule has 1 aromatic carbocycles. The number of carbonyl (C=O) groups is 1. The molecule has 1 N–H and O–H groups in total. The minimum atomic E-state index is -5.02. The molecule has 9 heteroatoms. The highest BCUT2D eigenvalue weighted by Gasteiger charge is 2.39. The van der Waals surface area contributed by atoms with Crippen LogP contribution in [0.4, 0.5) is 9.57 Å². The Balaban J connectivity index is 3.23. The van der Waals surface area contributed by atoms with E-state index in [4.69, 9.17) is 0 Å². The average molecular weight is 323 g/mol. The van der Waals surface area contributed by atoms with Crippen LogP contribution in [0.5, 0.6) is 0 Å². The van der Waals surface area contributed by atoms with E-state index in [0.717, 1.165) is 12.3 Å². The van der Waals surface area contributed by atoms with Gasteiger partial charge < -0.3 is 5.32 Å². The van der Waals surface area contributed by atoms with Gasteiger partial charge in [-0.1, -0.05) is 12.1 Å². The molecule has 0 fully saturated rings. The van der Waals surface area contributed by atoms with Gasteiger partial charge in [-0.3, -0.25) is 4.79 Å². The lowest BCUT2D eigenvalue weighted by atomic mass is 10.2. The van der Waals surface area contributed by atoms with Crippen LogP contribution < -0.4 is 5.32 Å². The fraction of sp³-hybridized carbons (Fsp3) is 0.364. The number of sulfone groups is 1. The van der Waals surface area contributed by atoms with E-state index in [9.17, 15) is 25.5 Å². The Morgan fingerprint density at radius 2 is 1.65 bits per heavy atom. The van der Waals surface area contributed by atoms with Crippen molar-refractivity contribution in [3.8, 4) is 0 Å². The zero-order valence-electron chi connectivity index (χ0n) is 11.0. The van der Waals surface area contributed by atoms with Gasteiger partial charge >= 0.3 is 10.2 Å². The third-order valence-corrected chi connectivity index (χ3v) is 5.79. The van der Waals surface area contributed by atoms with Crippen molar-refractivity contribution in [2.45, 2.75) is 23.5 Å². The van der Waals surface area contributed by atoms with Crippen molar-refractivity contribution in [3.63, 3.8) is 0 Å². The van der Waals surface area contributed by atoms with Crippen molar-refractivity contribution in [1.82, 2.24) is 0 Å². The number of amides is 1. The fourth-order valence-corrected chi connectivity index (χ4v) is 2.23. The predicted octanol–water partition coefficient (Wildman–Crippen LogP) is 1.11. The third kappa shape index (κ3) is 3.34. The zero-order chi connectivity index (χ0) is 15.8. The van der Waals surface area contributed by atoms with E-state index in [1.165, 1.54) is 32.0 Å². The SMILES string of the molecule is CC(C)(C(=O)Nc1ccccc1S(=O)(=O)F)S(C)(=O)=O. The molecule has 6 nitrogen and oxygen atoms in total. The van der Waals surface area contributed by atoms with E-state index in [-0.39, 0.29) is 5.69 Å². The molecule has 0 aliphatic carbocycles. The van der Waals surface area contributed by atoms with Crippen LogP contribution in [-0.2, 0) is 24.9 Å². The summed E-state index contributed by atoms with van der Waals surface area (Å²) in [7, 11) is -8.75. The average Bonchev–Trinajstić information content (AvgIpc) is 2.26. The van der Waals surface area contributed by atoms with Gasteiger partial charge in [0.1, 0.15) is 9.64 Å². The minimum absolute atomic E-state index is 0.309. The number of rotatable bonds is 4. The molecule has 0 heterocycles. The number of anilines is 1. The normalized spacial score (nSPS) is 13.0. The van der Waals surface area contributed by atoms with E-state index >= 15 is 0 Å². The van der Waals surface area contributed by atoms with Crippen molar-refractivity contribution < 1.29 is 25.5 Å². The highest BCUT2D eigenvalue weighted by molar-refractivity contribution is 7.92. The van der Waals surface area contributed by atoms with Gasteiger partial charge in [0.15, 0.2) is 9.84 Å². The van der Waals surface area contributed by atoms with Crippen LogP contribution in [-0.4, -0.2) is 33.7 Å². The lowest BCUT2D eigenvalue weighted by Crippen LogP contribution is -2.44. The standard InChI is InChI=1S/C11H14FNO5S2/c1-11(2,19(3,15)16)10(14)13-8-6-4-5-7-9(8)20(12,17)18/h4-7H,1-3H3,(H,13,14). The number of nitrogens with one attached hydrogen (secondary N) is 1. The van der Waals surface area contributed by atoms with Crippen LogP contribution >= 0.6 is 0 Å². The lowest BCUT2D eigenvalue weighted by molar-refractivity contribution is -0.117. The van der Waals surface area contributed by atoms with Gasteiger partial charge in [-0.25, -0.2) is 8.42 Å². The molecular formula is C11H14FNO5S2. The van der Waals surface area contributed by atoms with Crippen molar-refractivity contribution in [1.29, 1.82) is 0 Å². The summed E-state index contributed by atoms with van der Waals surface area (Å²) in [5.74, 6) is -0.948. The summed E-state index contributed by atoms with van der Waals surface area (Å²) < 4.78 is 56.2. The van der Waals surface area contributed by atoms with Crippen LogP contribution in [0, 0.1) is 0 Å². The predicted molar refractivity (Wildman–Crippen MR) is 72.3 cm³/mol. The minimum Gasteiger partial charge on any atom is -0.323 e. The molecule has 0 bridgehead atoms. The Morgan fingerprint density at radius 1 is 1.15 bits per heavy atom. The summed E-state index contributed by atoms with van der Waals surface area (Å²) in [6.07, 6.45) is 0.879. The van der Waals surface area contributed by atoms with Crippen LogP contribution in [0.1, 0.15) is 13.8 Å². The Kier molecular flexibility index (Phi) is 4.25. The summed E-state index contributed by atoms with van der Waals surface area (Å²) in [6, 6.07) is 4.81. The Labute approximate surface area is 117 Å². The quantitative estimate of drug-likeness (QED) is 0.837. The van der Waals surface area contributed by atoms with Crippen molar-refractivity contribution in [3.05, 3.63) is 24.3 Å². The van der Waals surface area contributed by atoms with E-state index in [2.05, 4.69) is 5.32 Å². The van der Waals surface area contributed by atoms with Gasteiger partial charge in [-0.2, -0.15) is 8.42 Å². The maximum absolute atomic E-state index is 13.1. The molecule has 0 aliphatic heterocycles. The summed E-state index contributed by atoms with van der Waals surface area (Å²) in [5, 5.41) is 2.13. The van der Waals surface area contributed by atoms with Crippen molar-refractivity contribution in [2.24, 2.45) is 0 Å². The molecule has 0 unspecified atom stereocenters. The first kappa shape index (κ1) is 16.6. The van der Waals surface area contributed by atoms with Gasteiger partial charge in [-0.15, -0.1) is 3.89 Å². The van der Waals surface area contributed by atoms with Crippen LogP contribution in [0.25, 0.3) is 0 Å². The highest BCUT2D eigenvalue weighted by atomic mass is 32.3. The smallest absolute Gasteiger partial charge is 0.323 e. The molecule has 1 rings (SSSR count). The van der Waals surface area contributed by atoms with E-state index in [0.29, 0.717) is 0 Å². The third-order valence-electron chi connectivity index (χ3n) is 2.87. The fourth-order valence-electron chi connectivity index (χ4n) is 1.22. The first-order valence-electron chi connectivity index (χ1n) is 5.42. The van der Waals surface area contributed by atoms with Crippen molar-refractivity contribution in [2.75, 3.05) is 11.6 Å². The molecule has 0 aliphatic rings. The zero-order valence-corrected chi connectivity index (χ0v) is 12.7. The van der Waals surface area contributed by atoms with Crippen molar-refractivity contribution >= 4 is 31.7 Å². The first-order valence-corrected chi connectivity index (χ1v) is 8.69. The molecule has 1 amide bonds. The molecule has 0 spiro atoms. The second-order valence-electron chi connectivity index (χ2n) is 4.67. The topological polar surface area (TPSA) is 97.4 Å². The Bertz CT molecular complexity index is 738. The Morgan fingerprint density at radius 3 is 2.10 bits per heavy atom. The number of carbonyl (C=O) groups excluding carboxylic acids is 1. The number of benzene rings is 1. The van der Waals surface area contributed by atoms with Gasteiger partial charge in [-0.05, 0) is 26.0 Å². The molecule has 1 aromatic rings. The second-order valence-corrected chi connectivity index (χ2v) is 8.55. The van der Waals surface area contributed by atoms with Crippen LogP contribution in [0.3, 0.4) is 0 Å². The van der Waals surface area contributed by atoms with Gasteiger partial charge in [0.25, 0.3) is 0 Å². The second kappa shape index (κ2) is 5.13. The monoisotopic (exact) mass is 323 g/mol. The van der Waals surface area contributed by atoms with E-state index in [1.807, 2.05) is 0 Å². The molecule has 0 saturated carbocycles. The molecule has 0 atom stereocenters.